The van der Waals surface area contributed by atoms with Crippen molar-refractivity contribution < 1.29 is 14.6 Å². The van der Waals surface area contributed by atoms with Gasteiger partial charge in [0, 0.05) is 6.08 Å². The summed E-state index contributed by atoms with van der Waals surface area (Å²) in [4.78, 5) is 11.1. The molecule has 0 heterocycles. The normalized spacial score (nSPS) is 11.9. The van der Waals surface area contributed by atoms with Crippen LogP contribution >= 0.6 is 0 Å². The van der Waals surface area contributed by atoms with E-state index in [1.54, 1.807) is 24.3 Å². The largest absolute Gasteiger partial charge is 0.423 e. The Kier molecular flexibility index (Phi) is 8.44. The van der Waals surface area contributed by atoms with Crippen LogP contribution in [0, 0.1) is 0 Å². The lowest BCUT2D eigenvalue weighted by Gasteiger charge is -2.11. The first-order valence-electron chi connectivity index (χ1n) is 7.79. The topological polar surface area (TPSA) is 46.5 Å². The molecule has 0 spiro atoms. The molecule has 1 N–H and O–H groups in total. The van der Waals surface area contributed by atoms with E-state index < -0.39 is 12.1 Å². The Morgan fingerprint density at radius 2 is 1.81 bits per heavy atom. The molecule has 3 nitrogen and oxygen atoms in total. The number of benzene rings is 1. The number of ether oxygens (including phenoxy) is 1. The van der Waals surface area contributed by atoms with E-state index in [2.05, 4.69) is 13.5 Å². The Balaban J connectivity index is 2.32. The van der Waals surface area contributed by atoms with Crippen molar-refractivity contribution in [3.8, 4) is 5.75 Å². The van der Waals surface area contributed by atoms with Crippen LogP contribution in [-0.2, 0) is 4.79 Å². The standard InChI is InChI=1S/C18H26O3/c1-3-5-6-7-8-9-10-17(19)15-11-13-16(14-12-15)21-18(20)4-2/h4,11-14,17,19H,2-3,5-10H2,1H3. The molecular weight excluding hydrogens is 264 g/mol. The molecule has 1 unspecified atom stereocenters. The van der Waals surface area contributed by atoms with Gasteiger partial charge in [-0.1, -0.05) is 64.2 Å². The van der Waals surface area contributed by atoms with Crippen molar-refractivity contribution in [3.05, 3.63) is 42.5 Å². The maximum atomic E-state index is 11.1. The highest BCUT2D eigenvalue weighted by molar-refractivity contribution is 5.83. The van der Waals surface area contributed by atoms with Gasteiger partial charge in [0.1, 0.15) is 5.75 Å². The summed E-state index contributed by atoms with van der Waals surface area (Å²) in [6.07, 6.45) is 8.76. The van der Waals surface area contributed by atoms with Crippen molar-refractivity contribution in [2.45, 2.75) is 58.0 Å². The molecule has 3 heteroatoms. The highest BCUT2D eigenvalue weighted by Gasteiger charge is 2.08. The summed E-state index contributed by atoms with van der Waals surface area (Å²) in [5, 5.41) is 10.1. The lowest BCUT2D eigenvalue weighted by Crippen LogP contribution is -2.03. The third kappa shape index (κ3) is 7.09. The third-order valence-electron chi connectivity index (χ3n) is 3.48. The van der Waals surface area contributed by atoms with E-state index in [-0.39, 0.29) is 0 Å². The molecule has 1 aromatic carbocycles. The van der Waals surface area contributed by atoms with Gasteiger partial charge in [-0.25, -0.2) is 4.79 Å². The van der Waals surface area contributed by atoms with Crippen molar-refractivity contribution in [2.24, 2.45) is 0 Å². The Morgan fingerprint density at radius 3 is 2.43 bits per heavy atom. The molecule has 1 aromatic rings. The van der Waals surface area contributed by atoms with Crippen LogP contribution in [0.4, 0.5) is 0 Å². The summed E-state index contributed by atoms with van der Waals surface area (Å²) in [5.74, 6) is -0.00852. The fourth-order valence-electron chi connectivity index (χ4n) is 2.20. The van der Waals surface area contributed by atoms with Gasteiger partial charge in [0.15, 0.2) is 0 Å². The average molecular weight is 290 g/mol. The number of rotatable bonds is 10. The fourth-order valence-corrected chi connectivity index (χ4v) is 2.20. The molecular formula is C18H26O3. The molecule has 0 saturated carbocycles. The number of aliphatic hydroxyl groups excluding tert-OH is 1. The molecule has 0 aromatic heterocycles. The first-order chi connectivity index (χ1) is 10.2. The number of carbonyl (C=O) groups excluding carboxylic acids is 1. The van der Waals surface area contributed by atoms with Crippen LogP contribution in [0.2, 0.25) is 0 Å². The van der Waals surface area contributed by atoms with Gasteiger partial charge in [0.25, 0.3) is 0 Å². The van der Waals surface area contributed by atoms with Crippen molar-refractivity contribution in [2.75, 3.05) is 0 Å². The van der Waals surface area contributed by atoms with E-state index in [0.717, 1.165) is 24.5 Å². The van der Waals surface area contributed by atoms with Crippen LogP contribution in [0.1, 0.15) is 63.5 Å². The molecule has 116 valence electrons. The first-order valence-corrected chi connectivity index (χ1v) is 7.79. The molecule has 0 radical (unpaired) electrons. The third-order valence-corrected chi connectivity index (χ3v) is 3.48. The highest BCUT2D eigenvalue weighted by atomic mass is 16.5. The van der Waals surface area contributed by atoms with E-state index in [0.29, 0.717) is 5.75 Å². The summed E-state index contributed by atoms with van der Waals surface area (Å²) >= 11 is 0. The van der Waals surface area contributed by atoms with Gasteiger partial charge in [0.2, 0.25) is 0 Å². The molecule has 0 bridgehead atoms. The van der Waals surface area contributed by atoms with Crippen molar-refractivity contribution >= 4 is 5.97 Å². The Labute approximate surface area is 127 Å². The smallest absolute Gasteiger partial charge is 0.335 e. The van der Waals surface area contributed by atoms with Crippen LogP contribution in [-0.4, -0.2) is 11.1 Å². The Bertz CT molecular complexity index is 423. The van der Waals surface area contributed by atoms with Gasteiger partial charge in [-0.05, 0) is 24.1 Å². The maximum Gasteiger partial charge on any atom is 0.335 e. The van der Waals surface area contributed by atoms with Gasteiger partial charge in [0.05, 0.1) is 6.10 Å². The number of carbonyl (C=O) groups is 1. The second-order valence-electron chi connectivity index (χ2n) is 5.27. The monoisotopic (exact) mass is 290 g/mol. The molecule has 0 saturated heterocycles. The van der Waals surface area contributed by atoms with Gasteiger partial charge >= 0.3 is 5.97 Å². The fraction of sp³-hybridized carbons (Fsp3) is 0.500. The van der Waals surface area contributed by atoms with E-state index in [9.17, 15) is 9.90 Å². The van der Waals surface area contributed by atoms with Crippen molar-refractivity contribution in [1.29, 1.82) is 0 Å². The molecule has 0 amide bonds. The van der Waals surface area contributed by atoms with E-state index in [1.807, 2.05) is 0 Å². The SMILES string of the molecule is C=CC(=O)Oc1ccc(C(O)CCCCCCCC)cc1. The maximum absolute atomic E-state index is 11.1. The zero-order chi connectivity index (χ0) is 15.5. The van der Waals surface area contributed by atoms with Crippen LogP contribution in [0.25, 0.3) is 0 Å². The summed E-state index contributed by atoms with van der Waals surface area (Å²) in [6, 6.07) is 6.99. The van der Waals surface area contributed by atoms with Gasteiger partial charge in [-0.3, -0.25) is 0 Å². The minimum Gasteiger partial charge on any atom is -0.423 e. The van der Waals surface area contributed by atoms with Crippen molar-refractivity contribution in [3.63, 3.8) is 0 Å². The second kappa shape index (κ2) is 10.2. The Morgan fingerprint density at radius 1 is 1.19 bits per heavy atom. The molecule has 21 heavy (non-hydrogen) atoms. The van der Waals surface area contributed by atoms with E-state index >= 15 is 0 Å². The number of esters is 1. The lowest BCUT2D eigenvalue weighted by molar-refractivity contribution is -0.128. The predicted octanol–water partition coefficient (Wildman–Crippen LogP) is 4.56. The van der Waals surface area contributed by atoms with Crippen LogP contribution < -0.4 is 4.74 Å². The van der Waals surface area contributed by atoms with Gasteiger partial charge in [-0.2, -0.15) is 0 Å². The second-order valence-corrected chi connectivity index (χ2v) is 5.27. The highest BCUT2D eigenvalue weighted by Crippen LogP contribution is 2.22. The van der Waals surface area contributed by atoms with Crippen LogP contribution in [0.15, 0.2) is 36.9 Å². The average Bonchev–Trinajstić information content (AvgIpc) is 2.51. The predicted molar refractivity (Wildman–Crippen MR) is 85.2 cm³/mol. The minimum absolute atomic E-state index is 0.444. The summed E-state index contributed by atoms with van der Waals surface area (Å²) in [7, 11) is 0. The van der Waals surface area contributed by atoms with E-state index in [1.165, 1.54) is 32.1 Å². The van der Waals surface area contributed by atoms with Crippen LogP contribution in [0.5, 0.6) is 5.75 Å². The zero-order valence-electron chi connectivity index (χ0n) is 12.9. The molecule has 0 aliphatic rings. The molecule has 1 atom stereocenters. The number of aliphatic hydroxyl groups is 1. The van der Waals surface area contributed by atoms with E-state index in [4.69, 9.17) is 4.74 Å². The molecule has 0 fully saturated rings. The zero-order valence-corrected chi connectivity index (χ0v) is 12.9. The van der Waals surface area contributed by atoms with Crippen LogP contribution in [0.3, 0.4) is 0 Å². The molecule has 1 rings (SSSR count). The molecule has 0 aliphatic heterocycles. The van der Waals surface area contributed by atoms with Gasteiger partial charge in [-0.15, -0.1) is 0 Å². The first kappa shape index (κ1) is 17.4. The summed E-state index contributed by atoms with van der Waals surface area (Å²) in [6.45, 7) is 5.56. The summed E-state index contributed by atoms with van der Waals surface area (Å²) in [5.41, 5.74) is 0.863. The number of unbranched alkanes of at least 4 members (excludes halogenated alkanes) is 5. The number of hydrogen-bond donors (Lipinski definition) is 1. The Hall–Kier alpha value is -1.61. The van der Waals surface area contributed by atoms with Gasteiger partial charge < -0.3 is 9.84 Å². The summed E-state index contributed by atoms with van der Waals surface area (Å²) < 4.78 is 5.00. The lowest BCUT2D eigenvalue weighted by atomic mass is 10.0. The number of hydrogen-bond acceptors (Lipinski definition) is 3. The molecule has 0 aliphatic carbocycles. The van der Waals surface area contributed by atoms with Crippen molar-refractivity contribution in [1.82, 2.24) is 0 Å². The quantitative estimate of drug-likeness (QED) is 0.297. The minimum atomic E-state index is -0.477.